The minimum Gasteiger partial charge on any atom is -0.337 e. The predicted octanol–water partition coefficient (Wildman–Crippen LogP) is 4.80. The van der Waals surface area contributed by atoms with Crippen molar-refractivity contribution in [2.45, 2.75) is 4.21 Å². The van der Waals surface area contributed by atoms with E-state index in [1.54, 1.807) is 35.7 Å². The first-order valence-electron chi connectivity index (χ1n) is 8.37. The van der Waals surface area contributed by atoms with Gasteiger partial charge in [-0.3, -0.25) is 14.8 Å². The van der Waals surface area contributed by atoms with E-state index in [1.165, 1.54) is 24.3 Å². The van der Waals surface area contributed by atoms with Crippen molar-refractivity contribution in [1.82, 2.24) is 9.97 Å². The second-order valence-electron chi connectivity index (χ2n) is 6.00. The molecule has 0 bridgehead atoms. The molecule has 0 aliphatic heterocycles. The molecule has 152 valence electrons. The number of nitro benzene ring substituents is 1. The fourth-order valence-corrected chi connectivity index (χ4v) is 4.81. The standard InChI is InChI=1S/C18H12ClN5O4S2/c19-12-8-7-11(10-15(12)24(25)26)20-17-18(22-14-5-2-1-4-13(14)21-17)23-30(27,28)16-6-3-9-29-16/h1-10H,(H,20,21)(H,22,23). The number of sulfonamides is 1. The Hall–Kier alpha value is -3.28. The summed E-state index contributed by atoms with van der Waals surface area (Å²) in [6.45, 7) is 0. The van der Waals surface area contributed by atoms with Gasteiger partial charge < -0.3 is 5.32 Å². The van der Waals surface area contributed by atoms with Gasteiger partial charge in [0.1, 0.15) is 9.23 Å². The molecule has 0 fully saturated rings. The summed E-state index contributed by atoms with van der Waals surface area (Å²) in [7, 11) is -3.89. The Morgan fingerprint density at radius 3 is 2.33 bits per heavy atom. The monoisotopic (exact) mass is 461 g/mol. The first-order valence-corrected chi connectivity index (χ1v) is 11.1. The summed E-state index contributed by atoms with van der Waals surface area (Å²) in [5.74, 6) is 0.0464. The van der Waals surface area contributed by atoms with Crippen molar-refractivity contribution < 1.29 is 13.3 Å². The van der Waals surface area contributed by atoms with Gasteiger partial charge in [0.2, 0.25) is 0 Å². The van der Waals surface area contributed by atoms with Crippen LogP contribution in [-0.4, -0.2) is 23.3 Å². The maximum atomic E-state index is 12.7. The number of nitrogens with one attached hydrogen (secondary N) is 2. The first-order chi connectivity index (χ1) is 14.3. The molecule has 0 aliphatic carbocycles. The van der Waals surface area contributed by atoms with E-state index in [0.29, 0.717) is 16.7 Å². The van der Waals surface area contributed by atoms with Crippen LogP contribution < -0.4 is 10.0 Å². The molecule has 2 aromatic heterocycles. The van der Waals surface area contributed by atoms with Gasteiger partial charge in [0.05, 0.1) is 16.0 Å². The molecule has 0 spiro atoms. The molecule has 4 aromatic rings. The maximum absolute atomic E-state index is 12.7. The van der Waals surface area contributed by atoms with E-state index in [9.17, 15) is 18.5 Å². The lowest BCUT2D eigenvalue weighted by molar-refractivity contribution is -0.384. The second-order valence-corrected chi connectivity index (χ2v) is 9.26. The maximum Gasteiger partial charge on any atom is 0.289 e. The number of nitro groups is 1. The normalized spacial score (nSPS) is 11.4. The molecule has 0 saturated carbocycles. The van der Waals surface area contributed by atoms with E-state index in [0.717, 1.165) is 11.3 Å². The van der Waals surface area contributed by atoms with E-state index in [-0.39, 0.29) is 26.6 Å². The largest absolute Gasteiger partial charge is 0.337 e. The number of para-hydroxylation sites is 2. The smallest absolute Gasteiger partial charge is 0.289 e. The van der Waals surface area contributed by atoms with Crippen LogP contribution in [0.5, 0.6) is 0 Å². The highest BCUT2D eigenvalue weighted by Crippen LogP contribution is 2.32. The van der Waals surface area contributed by atoms with Gasteiger partial charge in [0, 0.05) is 11.8 Å². The molecular weight excluding hydrogens is 450 g/mol. The number of hydrogen-bond acceptors (Lipinski definition) is 8. The minimum absolute atomic E-state index is 0.0197. The van der Waals surface area contributed by atoms with Crippen LogP contribution in [0.1, 0.15) is 0 Å². The van der Waals surface area contributed by atoms with Crippen LogP contribution in [0, 0.1) is 10.1 Å². The molecule has 9 nitrogen and oxygen atoms in total. The number of anilines is 3. The van der Waals surface area contributed by atoms with E-state index < -0.39 is 14.9 Å². The van der Waals surface area contributed by atoms with Gasteiger partial charge in [0.15, 0.2) is 11.6 Å². The summed E-state index contributed by atoms with van der Waals surface area (Å²) >= 11 is 6.92. The number of fused-ring (bicyclic) bond motifs is 1. The van der Waals surface area contributed by atoms with E-state index in [4.69, 9.17) is 11.6 Å². The highest BCUT2D eigenvalue weighted by molar-refractivity contribution is 7.94. The average Bonchev–Trinajstić information content (AvgIpc) is 3.25. The zero-order chi connectivity index (χ0) is 21.3. The third-order valence-electron chi connectivity index (χ3n) is 3.97. The van der Waals surface area contributed by atoms with Crippen molar-refractivity contribution in [2.24, 2.45) is 0 Å². The van der Waals surface area contributed by atoms with Crippen molar-refractivity contribution in [2.75, 3.05) is 10.0 Å². The molecule has 0 saturated heterocycles. The van der Waals surface area contributed by atoms with Gasteiger partial charge >= 0.3 is 0 Å². The molecule has 30 heavy (non-hydrogen) atoms. The zero-order valence-corrected chi connectivity index (χ0v) is 17.3. The van der Waals surface area contributed by atoms with Crippen LogP contribution >= 0.6 is 22.9 Å². The summed E-state index contributed by atoms with van der Waals surface area (Å²) in [5.41, 5.74) is 1.000. The van der Waals surface area contributed by atoms with Crippen molar-refractivity contribution in [3.05, 3.63) is 75.1 Å². The molecule has 4 rings (SSSR count). The average molecular weight is 462 g/mol. The highest BCUT2D eigenvalue weighted by atomic mass is 35.5. The second kappa shape index (κ2) is 7.86. The topological polar surface area (TPSA) is 127 Å². The molecule has 12 heteroatoms. The van der Waals surface area contributed by atoms with Crippen LogP contribution in [0.4, 0.5) is 23.0 Å². The SMILES string of the molecule is O=[N+]([O-])c1cc(Nc2nc3ccccc3nc2NS(=O)(=O)c2cccs2)ccc1Cl. The number of halogens is 1. The van der Waals surface area contributed by atoms with Crippen LogP contribution in [0.2, 0.25) is 5.02 Å². The Balaban J connectivity index is 1.79. The highest BCUT2D eigenvalue weighted by Gasteiger charge is 2.20. The quantitative estimate of drug-likeness (QED) is 0.312. The lowest BCUT2D eigenvalue weighted by atomic mass is 10.2. The van der Waals surface area contributed by atoms with Crippen molar-refractivity contribution >= 4 is 67.0 Å². The summed E-state index contributed by atoms with van der Waals surface area (Å²) < 4.78 is 27.9. The third kappa shape index (κ3) is 4.03. The van der Waals surface area contributed by atoms with Gasteiger partial charge in [-0.05, 0) is 35.7 Å². The van der Waals surface area contributed by atoms with Crippen LogP contribution in [0.3, 0.4) is 0 Å². The predicted molar refractivity (Wildman–Crippen MR) is 116 cm³/mol. The molecule has 2 heterocycles. The van der Waals surface area contributed by atoms with Crippen molar-refractivity contribution in [3.8, 4) is 0 Å². The van der Waals surface area contributed by atoms with E-state index in [2.05, 4.69) is 20.0 Å². The molecule has 0 aliphatic rings. The van der Waals surface area contributed by atoms with Crippen molar-refractivity contribution in [3.63, 3.8) is 0 Å². The fraction of sp³-hybridized carbons (Fsp3) is 0. The van der Waals surface area contributed by atoms with Crippen LogP contribution in [0.25, 0.3) is 11.0 Å². The van der Waals surface area contributed by atoms with Gasteiger partial charge in [-0.1, -0.05) is 29.8 Å². The number of thiophene rings is 1. The van der Waals surface area contributed by atoms with Gasteiger partial charge in [-0.25, -0.2) is 18.4 Å². The molecule has 0 radical (unpaired) electrons. The van der Waals surface area contributed by atoms with Gasteiger partial charge in [-0.2, -0.15) is 0 Å². The van der Waals surface area contributed by atoms with Crippen LogP contribution in [-0.2, 0) is 10.0 Å². The molecule has 2 N–H and O–H groups in total. The van der Waals surface area contributed by atoms with Crippen molar-refractivity contribution in [1.29, 1.82) is 0 Å². The zero-order valence-electron chi connectivity index (χ0n) is 14.9. The lowest BCUT2D eigenvalue weighted by Gasteiger charge is -2.13. The number of hydrogen-bond donors (Lipinski definition) is 2. The molecule has 2 aromatic carbocycles. The fourth-order valence-electron chi connectivity index (χ4n) is 2.62. The number of benzene rings is 2. The van der Waals surface area contributed by atoms with E-state index in [1.807, 2.05) is 0 Å². The number of rotatable bonds is 6. The first kappa shape index (κ1) is 20.0. The summed E-state index contributed by atoms with van der Waals surface area (Å²) in [4.78, 5) is 19.4. The van der Waals surface area contributed by atoms with E-state index >= 15 is 0 Å². The lowest BCUT2D eigenvalue weighted by Crippen LogP contribution is -2.15. The summed E-state index contributed by atoms with van der Waals surface area (Å²) in [6.07, 6.45) is 0. The molecule has 0 atom stereocenters. The minimum atomic E-state index is -3.89. The Morgan fingerprint density at radius 2 is 1.70 bits per heavy atom. The Kier molecular flexibility index (Phi) is 5.24. The van der Waals surface area contributed by atoms with Gasteiger partial charge in [-0.15, -0.1) is 11.3 Å². The molecule has 0 amide bonds. The Labute approximate surface area is 179 Å². The molecular formula is C18H12ClN5O4S2. The summed E-state index contributed by atoms with van der Waals surface area (Å²) in [5, 5.41) is 15.7. The van der Waals surface area contributed by atoms with Crippen LogP contribution in [0.15, 0.2) is 64.2 Å². The Morgan fingerprint density at radius 1 is 1.00 bits per heavy atom. The molecule has 0 unspecified atom stereocenters. The number of nitrogens with zero attached hydrogens (tertiary/aromatic N) is 3. The number of aromatic nitrogens is 2. The third-order valence-corrected chi connectivity index (χ3v) is 7.02. The Bertz CT molecular complexity index is 1360. The summed E-state index contributed by atoms with van der Waals surface area (Å²) in [6, 6.07) is 14.1. The van der Waals surface area contributed by atoms with Gasteiger partial charge in [0.25, 0.3) is 15.7 Å².